The van der Waals surface area contributed by atoms with Gasteiger partial charge in [-0.3, -0.25) is 0 Å². The lowest BCUT2D eigenvalue weighted by molar-refractivity contribution is -0.144. The van der Waals surface area contributed by atoms with Crippen molar-refractivity contribution in [3.05, 3.63) is 28.2 Å². The molecule has 0 heterocycles. The lowest BCUT2D eigenvalue weighted by Crippen LogP contribution is -2.55. The normalized spacial score (nSPS) is 17.1. The quantitative estimate of drug-likeness (QED) is 0.787. The Labute approximate surface area is 125 Å². The third-order valence-electron chi connectivity index (χ3n) is 3.73. The van der Waals surface area contributed by atoms with Crippen LogP contribution in [0.4, 0.5) is 10.5 Å². The second-order valence-corrected chi connectivity index (χ2v) is 6.13. The molecule has 1 unspecified atom stereocenters. The van der Waals surface area contributed by atoms with Crippen molar-refractivity contribution < 1.29 is 14.7 Å². The summed E-state index contributed by atoms with van der Waals surface area (Å²) >= 11 is 3.39. The number of rotatable bonds is 4. The smallest absolute Gasteiger partial charge is 0.329 e. The molecule has 108 valence electrons. The molecule has 0 bridgehead atoms. The molecule has 3 N–H and O–H groups in total. The highest BCUT2D eigenvalue weighted by atomic mass is 79.9. The van der Waals surface area contributed by atoms with Crippen LogP contribution >= 0.6 is 15.9 Å². The predicted octanol–water partition coefficient (Wildman–Crippen LogP) is 3.13. The van der Waals surface area contributed by atoms with Gasteiger partial charge in [0.25, 0.3) is 0 Å². The number of aliphatic carboxylic acids is 1. The Morgan fingerprint density at radius 3 is 2.60 bits per heavy atom. The van der Waals surface area contributed by atoms with Gasteiger partial charge in [-0.1, -0.05) is 22.0 Å². The van der Waals surface area contributed by atoms with Crippen molar-refractivity contribution >= 4 is 33.6 Å². The fourth-order valence-electron chi connectivity index (χ4n) is 2.12. The minimum Gasteiger partial charge on any atom is -0.480 e. The van der Waals surface area contributed by atoms with Crippen LogP contribution in [0.25, 0.3) is 0 Å². The molecular formula is C14H17BrN2O3. The van der Waals surface area contributed by atoms with E-state index >= 15 is 0 Å². The Hall–Kier alpha value is -1.56. The molecule has 2 amide bonds. The van der Waals surface area contributed by atoms with Crippen LogP contribution in [0.5, 0.6) is 0 Å². The minimum atomic E-state index is -1.20. The molecule has 1 saturated carbocycles. The van der Waals surface area contributed by atoms with Gasteiger partial charge in [0.1, 0.15) is 5.54 Å². The van der Waals surface area contributed by atoms with Crippen molar-refractivity contribution in [3.8, 4) is 0 Å². The Bertz CT molecular complexity index is 557. The summed E-state index contributed by atoms with van der Waals surface area (Å²) < 4.78 is 0.887. The van der Waals surface area contributed by atoms with Gasteiger partial charge < -0.3 is 15.7 Å². The van der Waals surface area contributed by atoms with E-state index in [-0.39, 0.29) is 5.92 Å². The Balaban J connectivity index is 2.09. The first-order chi connectivity index (χ1) is 9.34. The van der Waals surface area contributed by atoms with Crippen LogP contribution in [-0.2, 0) is 4.79 Å². The van der Waals surface area contributed by atoms with Crippen molar-refractivity contribution in [3.63, 3.8) is 0 Å². The summed E-state index contributed by atoms with van der Waals surface area (Å²) in [6, 6.07) is 4.96. The molecule has 2 rings (SSSR count). The molecule has 6 heteroatoms. The molecule has 1 aromatic rings. The number of nitrogens with one attached hydrogen (secondary N) is 2. The molecule has 0 aliphatic heterocycles. The number of anilines is 1. The zero-order chi connectivity index (χ0) is 14.9. The summed E-state index contributed by atoms with van der Waals surface area (Å²) in [7, 11) is 0. The van der Waals surface area contributed by atoms with Crippen molar-refractivity contribution in [2.45, 2.75) is 32.2 Å². The average molecular weight is 341 g/mol. The fourth-order valence-corrected chi connectivity index (χ4v) is 2.49. The van der Waals surface area contributed by atoms with E-state index in [1.165, 1.54) is 0 Å². The molecule has 0 spiro atoms. The number of carbonyl (C=O) groups is 2. The van der Waals surface area contributed by atoms with Crippen LogP contribution < -0.4 is 10.6 Å². The van der Waals surface area contributed by atoms with E-state index in [2.05, 4.69) is 26.6 Å². The minimum absolute atomic E-state index is 0.00866. The van der Waals surface area contributed by atoms with Gasteiger partial charge in [0, 0.05) is 10.2 Å². The second-order valence-electron chi connectivity index (χ2n) is 5.27. The summed E-state index contributed by atoms with van der Waals surface area (Å²) in [5.41, 5.74) is 0.343. The van der Waals surface area contributed by atoms with E-state index in [9.17, 15) is 14.7 Å². The molecule has 0 aromatic heterocycles. The highest BCUT2D eigenvalue weighted by Gasteiger charge is 2.48. The molecule has 1 fully saturated rings. The van der Waals surface area contributed by atoms with Crippen LogP contribution in [-0.4, -0.2) is 22.6 Å². The van der Waals surface area contributed by atoms with Gasteiger partial charge in [0.2, 0.25) is 0 Å². The average Bonchev–Trinajstić information content (AvgIpc) is 3.19. The summed E-state index contributed by atoms with van der Waals surface area (Å²) in [5.74, 6) is -0.990. The molecule has 0 saturated heterocycles. The van der Waals surface area contributed by atoms with Crippen LogP contribution in [0.2, 0.25) is 0 Å². The number of carboxylic acid groups (broad SMARTS) is 1. The van der Waals surface area contributed by atoms with Gasteiger partial charge in [-0.2, -0.15) is 0 Å². The van der Waals surface area contributed by atoms with Crippen molar-refractivity contribution in [1.82, 2.24) is 5.32 Å². The third kappa shape index (κ3) is 2.95. The second kappa shape index (κ2) is 5.44. The Morgan fingerprint density at radius 1 is 1.40 bits per heavy atom. The lowest BCUT2D eigenvalue weighted by atomic mass is 9.96. The number of carboxylic acids is 1. The number of halogens is 1. The SMILES string of the molecule is Cc1c(Br)cccc1NC(=O)NC(C)(C(=O)O)C1CC1. The zero-order valence-corrected chi connectivity index (χ0v) is 13.0. The van der Waals surface area contributed by atoms with Crippen molar-refractivity contribution in [2.75, 3.05) is 5.32 Å². The standard InChI is InChI=1S/C14H17BrN2O3/c1-8-10(15)4-3-5-11(8)16-13(20)17-14(2,12(18)19)9-6-7-9/h3-5,9H,6-7H2,1-2H3,(H,18,19)(H2,16,17,20). The number of urea groups is 1. The highest BCUT2D eigenvalue weighted by Crippen LogP contribution is 2.39. The summed E-state index contributed by atoms with van der Waals surface area (Å²) in [6.45, 7) is 3.43. The predicted molar refractivity (Wildman–Crippen MR) is 79.8 cm³/mol. The van der Waals surface area contributed by atoms with Crippen LogP contribution in [0.15, 0.2) is 22.7 Å². The molecular weight excluding hydrogens is 324 g/mol. The summed E-state index contributed by atoms with van der Waals surface area (Å²) in [4.78, 5) is 23.4. The van der Waals surface area contributed by atoms with Crippen LogP contribution in [0, 0.1) is 12.8 Å². The van der Waals surface area contributed by atoms with E-state index in [1.54, 1.807) is 13.0 Å². The summed E-state index contributed by atoms with van der Waals surface area (Å²) in [6.07, 6.45) is 1.66. The first-order valence-corrected chi connectivity index (χ1v) is 7.21. The maximum absolute atomic E-state index is 12.0. The third-order valence-corrected chi connectivity index (χ3v) is 4.59. The van der Waals surface area contributed by atoms with E-state index in [0.717, 1.165) is 22.9 Å². The van der Waals surface area contributed by atoms with Gasteiger partial charge >= 0.3 is 12.0 Å². The Kier molecular flexibility index (Phi) is 4.04. The van der Waals surface area contributed by atoms with Crippen LogP contribution in [0.1, 0.15) is 25.3 Å². The van der Waals surface area contributed by atoms with Crippen molar-refractivity contribution in [2.24, 2.45) is 5.92 Å². The molecule has 1 atom stereocenters. The largest absolute Gasteiger partial charge is 0.480 e. The number of benzene rings is 1. The van der Waals surface area contributed by atoms with Crippen LogP contribution in [0.3, 0.4) is 0 Å². The molecule has 20 heavy (non-hydrogen) atoms. The molecule has 5 nitrogen and oxygen atoms in total. The van der Waals surface area contributed by atoms with Gasteiger partial charge in [-0.25, -0.2) is 9.59 Å². The first-order valence-electron chi connectivity index (χ1n) is 6.42. The number of hydrogen-bond donors (Lipinski definition) is 3. The van der Waals surface area contributed by atoms with E-state index in [0.29, 0.717) is 5.69 Å². The number of hydrogen-bond acceptors (Lipinski definition) is 2. The van der Waals surface area contributed by atoms with E-state index in [1.807, 2.05) is 19.1 Å². The fraction of sp³-hybridized carbons (Fsp3) is 0.429. The highest BCUT2D eigenvalue weighted by molar-refractivity contribution is 9.10. The number of carbonyl (C=O) groups excluding carboxylic acids is 1. The zero-order valence-electron chi connectivity index (χ0n) is 11.4. The Morgan fingerprint density at radius 2 is 2.05 bits per heavy atom. The molecule has 0 radical (unpaired) electrons. The van der Waals surface area contributed by atoms with E-state index < -0.39 is 17.5 Å². The van der Waals surface area contributed by atoms with Gasteiger partial charge in [-0.15, -0.1) is 0 Å². The lowest BCUT2D eigenvalue weighted by Gasteiger charge is -2.26. The monoisotopic (exact) mass is 340 g/mol. The molecule has 1 aromatic carbocycles. The molecule has 1 aliphatic carbocycles. The van der Waals surface area contributed by atoms with Gasteiger partial charge in [-0.05, 0) is 50.3 Å². The topological polar surface area (TPSA) is 78.4 Å². The first kappa shape index (κ1) is 14.8. The maximum Gasteiger partial charge on any atom is 0.329 e. The number of amides is 2. The van der Waals surface area contributed by atoms with Gasteiger partial charge in [0.05, 0.1) is 0 Å². The maximum atomic E-state index is 12.0. The molecule has 1 aliphatic rings. The van der Waals surface area contributed by atoms with Crippen molar-refractivity contribution in [1.29, 1.82) is 0 Å². The van der Waals surface area contributed by atoms with Gasteiger partial charge in [0.15, 0.2) is 0 Å². The summed E-state index contributed by atoms with van der Waals surface area (Å²) in [5, 5.41) is 14.6. The van der Waals surface area contributed by atoms with E-state index in [4.69, 9.17) is 0 Å².